The van der Waals surface area contributed by atoms with E-state index in [9.17, 15) is 0 Å². The van der Waals surface area contributed by atoms with Crippen molar-refractivity contribution in [1.29, 1.82) is 0 Å². The van der Waals surface area contributed by atoms with Crippen LogP contribution in [0.2, 0.25) is 0 Å². The molecule has 1 nitrogen and oxygen atoms in total. The van der Waals surface area contributed by atoms with Crippen LogP contribution in [0.1, 0.15) is 43.6 Å². The summed E-state index contributed by atoms with van der Waals surface area (Å²) in [7, 11) is 0. The van der Waals surface area contributed by atoms with Gasteiger partial charge in [-0.25, -0.2) is 0 Å². The fraction of sp³-hybridized carbons (Fsp3) is 0.571. The first-order chi connectivity index (χ1) is 7.38. The Labute approximate surface area is 106 Å². The fourth-order valence-electron chi connectivity index (χ4n) is 2.10. The van der Waals surface area contributed by atoms with Crippen molar-refractivity contribution in [2.45, 2.75) is 45.0 Å². The van der Waals surface area contributed by atoms with Gasteiger partial charge in [0.15, 0.2) is 0 Å². The summed E-state index contributed by atoms with van der Waals surface area (Å²) in [4.78, 5) is 0.390. The van der Waals surface area contributed by atoms with Gasteiger partial charge in [0.05, 0.1) is 0 Å². The lowest BCUT2D eigenvalue weighted by atomic mass is 9.87. The van der Waals surface area contributed by atoms with E-state index in [4.69, 9.17) is 4.74 Å². The number of fused-ring (bicyclic) bond motifs is 1. The van der Waals surface area contributed by atoms with E-state index in [1.807, 2.05) is 0 Å². The normalized spacial score (nSPS) is 21.4. The molecule has 0 saturated carbocycles. The molecule has 0 bridgehead atoms. The zero-order valence-electron chi connectivity index (χ0n) is 10.4. The van der Waals surface area contributed by atoms with Crippen LogP contribution in [0, 0.1) is 5.41 Å². The first-order valence-electron chi connectivity index (χ1n) is 5.81. The molecule has 1 aromatic carbocycles. The summed E-state index contributed by atoms with van der Waals surface area (Å²) in [5.74, 6) is 1.06. The topological polar surface area (TPSA) is 9.23 Å². The van der Waals surface area contributed by atoms with Crippen LogP contribution < -0.4 is 4.74 Å². The van der Waals surface area contributed by atoms with Gasteiger partial charge in [0, 0.05) is 11.2 Å². The molecule has 88 valence electrons. The van der Waals surface area contributed by atoms with E-state index < -0.39 is 0 Å². The number of hydrogen-bond acceptors (Lipinski definition) is 1. The lowest BCUT2D eigenvalue weighted by molar-refractivity contribution is 0.254. The summed E-state index contributed by atoms with van der Waals surface area (Å²) in [5.41, 5.74) is 2.93. The minimum Gasteiger partial charge on any atom is -0.490 e. The van der Waals surface area contributed by atoms with E-state index in [0.29, 0.717) is 10.9 Å². The molecular formula is C14H19BrO. The van der Waals surface area contributed by atoms with Gasteiger partial charge in [-0.05, 0) is 29.5 Å². The number of ether oxygens (including phenoxy) is 1. The maximum absolute atomic E-state index is 5.71. The molecule has 0 radical (unpaired) electrons. The number of benzene rings is 1. The van der Waals surface area contributed by atoms with Crippen LogP contribution in [0.25, 0.3) is 0 Å². The summed E-state index contributed by atoms with van der Waals surface area (Å²) in [6.07, 6.45) is 1.36. The Morgan fingerprint density at radius 3 is 2.69 bits per heavy atom. The standard InChI is InChI=1S/C14H19BrO/c1-9-7-11-8-10(5-6-12(11)16-9)13(15)14(2,3)4/h5-6,8-9,13H,7H2,1-4H3. The Balaban J connectivity index is 2.29. The van der Waals surface area contributed by atoms with Crippen molar-refractivity contribution in [3.8, 4) is 5.75 Å². The first-order valence-corrected chi connectivity index (χ1v) is 6.73. The average molecular weight is 283 g/mol. The van der Waals surface area contributed by atoms with Gasteiger partial charge in [-0.1, -0.05) is 48.8 Å². The van der Waals surface area contributed by atoms with Gasteiger partial charge in [0.1, 0.15) is 11.9 Å². The lowest BCUT2D eigenvalue weighted by Crippen LogP contribution is -2.12. The van der Waals surface area contributed by atoms with E-state index >= 15 is 0 Å². The number of alkyl halides is 1. The fourth-order valence-corrected chi connectivity index (χ4v) is 2.38. The highest BCUT2D eigenvalue weighted by Crippen LogP contribution is 2.42. The molecule has 1 aromatic rings. The second kappa shape index (κ2) is 4.06. The maximum atomic E-state index is 5.71. The van der Waals surface area contributed by atoms with Gasteiger partial charge in [-0.2, -0.15) is 0 Å². The Morgan fingerprint density at radius 2 is 2.06 bits per heavy atom. The summed E-state index contributed by atoms with van der Waals surface area (Å²) >= 11 is 3.79. The minimum absolute atomic E-state index is 0.235. The van der Waals surface area contributed by atoms with Gasteiger partial charge < -0.3 is 4.74 Å². The van der Waals surface area contributed by atoms with Gasteiger partial charge >= 0.3 is 0 Å². The van der Waals surface area contributed by atoms with E-state index in [2.05, 4.69) is 61.8 Å². The zero-order valence-corrected chi connectivity index (χ0v) is 12.0. The highest BCUT2D eigenvalue weighted by Gasteiger charge is 2.26. The third kappa shape index (κ3) is 2.27. The van der Waals surface area contributed by atoms with Crippen LogP contribution in [0.5, 0.6) is 5.75 Å². The average Bonchev–Trinajstić information content (AvgIpc) is 2.54. The van der Waals surface area contributed by atoms with E-state index in [0.717, 1.165) is 12.2 Å². The Bertz CT molecular complexity index is 392. The third-order valence-corrected chi connectivity index (χ3v) is 4.88. The molecule has 0 fully saturated rings. The first kappa shape index (κ1) is 12.0. The van der Waals surface area contributed by atoms with Crippen molar-refractivity contribution in [1.82, 2.24) is 0 Å². The molecule has 0 amide bonds. The highest BCUT2D eigenvalue weighted by molar-refractivity contribution is 9.09. The second-order valence-corrected chi connectivity index (χ2v) is 6.64. The zero-order chi connectivity index (χ0) is 11.9. The molecule has 2 rings (SSSR count). The summed E-state index contributed by atoms with van der Waals surface area (Å²) < 4.78 is 5.71. The quantitative estimate of drug-likeness (QED) is 0.690. The van der Waals surface area contributed by atoms with Gasteiger partial charge in [0.2, 0.25) is 0 Å². The smallest absolute Gasteiger partial charge is 0.123 e. The van der Waals surface area contributed by atoms with Gasteiger partial charge in [-0.3, -0.25) is 0 Å². The van der Waals surface area contributed by atoms with Crippen LogP contribution in [0.4, 0.5) is 0 Å². The van der Waals surface area contributed by atoms with Crippen LogP contribution in [-0.2, 0) is 6.42 Å². The molecular weight excluding hydrogens is 264 g/mol. The van der Waals surface area contributed by atoms with Crippen molar-refractivity contribution in [2.75, 3.05) is 0 Å². The van der Waals surface area contributed by atoms with Crippen LogP contribution in [-0.4, -0.2) is 6.10 Å². The Kier molecular flexibility index (Phi) is 3.04. The number of hydrogen-bond donors (Lipinski definition) is 0. The van der Waals surface area contributed by atoms with E-state index in [1.165, 1.54) is 11.1 Å². The summed E-state index contributed by atoms with van der Waals surface area (Å²) in [6, 6.07) is 6.55. The molecule has 0 spiro atoms. The molecule has 1 aliphatic heterocycles. The van der Waals surface area contributed by atoms with Crippen molar-refractivity contribution < 1.29 is 4.74 Å². The highest BCUT2D eigenvalue weighted by atomic mass is 79.9. The Morgan fingerprint density at radius 1 is 1.38 bits per heavy atom. The molecule has 0 N–H and O–H groups in total. The molecule has 2 unspecified atom stereocenters. The molecule has 0 saturated heterocycles. The second-order valence-electron chi connectivity index (χ2n) is 5.73. The SMILES string of the molecule is CC1Cc2cc(C(Br)C(C)(C)C)ccc2O1. The van der Waals surface area contributed by atoms with Crippen molar-refractivity contribution in [3.63, 3.8) is 0 Å². The molecule has 2 atom stereocenters. The molecule has 16 heavy (non-hydrogen) atoms. The predicted octanol–water partition coefficient (Wildman–Crippen LogP) is 4.49. The monoisotopic (exact) mass is 282 g/mol. The summed E-state index contributed by atoms with van der Waals surface area (Å²) in [6.45, 7) is 8.87. The van der Waals surface area contributed by atoms with Crippen LogP contribution >= 0.6 is 15.9 Å². The molecule has 1 heterocycles. The van der Waals surface area contributed by atoms with E-state index in [1.54, 1.807) is 0 Å². The van der Waals surface area contributed by atoms with Crippen molar-refractivity contribution in [3.05, 3.63) is 29.3 Å². The molecule has 1 aliphatic rings. The largest absolute Gasteiger partial charge is 0.490 e. The molecule has 2 heteroatoms. The van der Waals surface area contributed by atoms with Crippen molar-refractivity contribution >= 4 is 15.9 Å². The Hall–Kier alpha value is -0.500. The predicted molar refractivity (Wildman–Crippen MR) is 71.4 cm³/mol. The van der Waals surface area contributed by atoms with Crippen molar-refractivity contribution in [2.24, 2.45) is 5.41 Å². The molecule has 0 aromatic heterocycles. The van der Waals surface area contributed by atoms with Crippen LogP contribution in [0.15, 0.2) is 18.2 Å². The van der Waals surface area contributed by atoms with Crippen LogP contribution in [0.3, 0.4) is 0 Å². The van der Waals surface area contributed by atoms with Gasteiger partial charge in [0.25, 0.3) is 0 Å². The number of rotatable bonds is 1. The van der Waals surface area contributed by atoms with Gasteiger partial charge in [-0.15, -0.1) is 0 Å². The molecule has 0 aliphatic carbocycles. The summed E-state index contributed by atoms with van der Waals surface area (Å²) in [5, 5.41) is 0. The lowest BCUT2D eigenvalue weighted by Gasteiger charge is -2.26. The minimum atomic E-state index is 0.235. The number of halogens is 1. The maximum Gasteiger partial charge on any atom is 0.123 e. The van der Waals surface area contributed by atoms with E-state index in [-0.39, 0.29) is 5.41 Å². The third-order valence-electron chi connectivity index (χ3n) is 2.97.